The second-order valence-electron chi connectivity index (χ2n) is 4.26. The summed E-state index contributed by atoms with van der Waals surface area (Å²) in [5, 5.41) is 8.67. The molecule has 2 rings (SSSR count). The largest absolute Gasteiger partial charge is 0.478 e. The lowest BCUT2D eigenvalue weighted by Crippen LogP contribution is -2.35. The van der Waals surface area contributed by atoms with Crippen molar-refractivity contribution in [1.82, 2.24) is 4.90 Å². The van der Waals surface area contributed by atoms with E-state index in [1.807, 2.05) is 24.3 Å². The SMILES string of the molecule is O=C(O)/C=C/c1ccccc1CN1CCOCC1. The van der Waals surface area contributed by atoms with E-state index in [9.17, 15) is 4.79 Å². The summed E-state index contributed by atoms with van der Waals surface area (Å²) in [4.78, 5) is 12.9. The molecule has 0 aromatic heterocycles. The number of hydrogen-bond donors (Lipinski definition) is 1. The summed E-state index contributed by atoms with van der Waals surface area (Å²) in [7, 11) is 0. The maximum atomic E-state index is 10.6. The van der Waals surface area contributed by atoms with E-state index >= 15 is 0 Å². The highest BCUT2D eigenvalue weighted by atomic mass is 16.5. The van der Waals surface area contributed by atoms with Crippen molar-refractivity contribution in [1.29, 1.82) is 0 Å². The molecule has 1 N–H and O–H groups in total. The van der Waals surface area contributed by atoms with Crippen molar-refractivity contribution in [3.63, 3.8) is 0 Å². The van der Waals surface area contributed by atoms with Crippen LogP contribution < -0.4 is 0 Å². The second-order valence-corrected chi connectivity index (χ2v) is 4.26. The van der Waals surface area contributed by atoms with Gasteiger partial charge in [-0.25, -0.2) is 4.79 Å². The predicted molar refractivity (Wildman–Crippen MR) is 69.2 cm³/mol. The van der Waals surface area contributed by atoms with Crippen LogP contribution >= 0.6 is 0 Å². The zero-order chi connectivity index (χ0) is 12.8. The number of benzene rings is 1. The van der Waals surface area contributed by atoms with E-state index in [4.69, 9.17) is 9.84 Å². The zero-order valence-electron chi connectivity index (χ0n) is 10.2. The summed E-state index contributed by atoms with van der Waals surface area (Å²) in [6, 6.07) is 7.88. The second kappa shape index (κ2) is 6.33. The van der Waals surface area contributed by atoms with Gasteiger partial charge in [-0.15, -0.1) is 0 Å². The average molecular weight is 247 g/mol. The Morgan fingerprint density at radius 3 is 2.78 bits per heavy atom. The molecular weight excluding hydrogens is 230 g/mol. The number of morpholine rings is 1. The average Bonchev–Trinajstić information content (AvgIpc) is 2.39. The minimum Gasteiger partial charge on any atom is -0.478 e. The van der Waals surface area contributed by atoms with Gasteiger partial charge < -0.3 is 9.84 Å². The van der Waals surface area contributed by atoms with E-state index < -0.39 is 5.97 Å². The van der Waals surface area contributed by atoms with Gasteiger partial charge in [0.15, 0.2) is 0 Å². The van der Waals surface area contributed by atoms with Gasteiger partial charge in [0.25, 0.3) is 0 Å². The van der Waals surface area contributed by atoms with E-state index in [1.54, 1.807) is 6.08 Å². The van der Waals surface area contributed by atoms with E-state index in [-0.39, 0.29) is 0 Å². The van der Waals surface area contributed by atoms with Crippen molar-refractivity contribution in [2.45, 2.75) is 6.54 Å². The lowest BCUT2D eigenvalue weighted by atomic mass is 10.1. The van der Waals surface area contributed by atoms with Crippen LogP contribution in [0, 0.1) is 0 Å². The van der Waals surface area contributed by atoms with Gasteiger partial charge in [-0.1, -0.05) is 24.3 Å². The first-order valence-electron chi connectivity index (χ1n) is 6.05. The van der Waals surface area contributed by atoms with Gasteiger partial charge >= 0.3 is 5.97 Å². The van der Waals surface area contributed by atoms with Crippen LogP contribution in [0.15, 0.2) is 30.3 Å². The summed E-state index contributed by atoms with van der Waals surface area (Å²) in [6.07, 6.45) is 2.83. The molecule has 1 fully saturated rings. The van der Waals surface area contributed by atoms with Crippen LogP contribution in [0.3, 0.4) is 0 Å². The minimum absolute atomic E-state index is 0.771. The maximum absolute atomic E-state index is 10.6. The van der Waals surface area contributed by atoms with Gasteiger partial charge in [0.1, 0.15) is 0 Å². The van der Waals surface area contributed by atoms with Crippen molar-refractivity contribution in [2.24, 2.45) is 0 Å². The van der Waals surface area contributed by atoms with Gasteiger partial charge in [0.2, 0.25) is 0 Å². The van der Waals surface area contributed by atoms with Crippen LogP contribution in [0.4, 0.5) is 0 Å². The normalized spacial score (nSPS) is 17.1. The van der Waals surface area contributed by atoms with Gasteiger partial charge in [-0.05, 0) is 17.2 Å². The molecule has 0 radical (unpaired) electrons. The third kappa shape index (κ3) is 3.68. The first-order chi connectivity index (χ1) is 8.75. The van der Waals surface area contributed by atoms with Crippen molar-refractivity contribution < 1.29 is 14.6 Å². The van der Waals surface area contributed by atoms with E-state index in [2.05, 4.69) is 4.90 Å². The molecule has 0 spiro atoms. The Labute approximate surface area is 106 Å². The number of carboxylic acid groups (broad SMARTS) is 1. The molecule has 0 bridgehead atoms. The van der Waals surface area contributed by atoms with Crippen LogP contribution in [0.1, 0.15) is 11.1 Å². The Morgan fingerprint density at radius 2 is 2.06 bits per heavy atom. The molecule has 0 atom stereocenters. The molecule has 0 saturated carbocycles. The summed E-state index contributed by atoms with van der Waals surface area (Å²) in [5.41, 5.74) is 2.11. The zero-order valence-corrected chi connectivity index (χ0v) is 10.2. The Balaban J connectivity index is 2.08. The first-order valence-corrected chi connectivity index (χ1v) is 6.05. The van der Waals surface area contributed by atoms with Crippen LogP contribution in [0.5, 0.6) is 0 Å². The van der Waals surface area contributed by atoms with Crippen molar-refractivity contribution in [3.8, 4) is 0 Å². The standard InChI is InChI=1S/C14H17NO3/c16-14(17)6-5-12-3-1-2-4-13(12)11-15-7-9-18-10-8-15/h1-6H,7-11H2,(H,16,17)/b6-5+. The quantitative estimate of drug-likeness (QED) is 0.821. The molecule has 96 valence electrons. The Hall–Kier alpha value is -1.65. The summed E-state index contributed by atoms with van der Waals surface area (Å²) >= 11 is 0. The maximum Gasteiger partial charge on any atom is 0.328 e. The molecule has 1 aliphatic heterocycles. The summed E-state index contributed by atoms with van der Waals surface area (Å²) in [5.74, 6) is -0.920. The smallest absolute Gasteiger partial charge is 0.328 e. The van der Waals surface area contributed by atoms with Gasteiger partial charge in [0, 0.05) is 25.7 Å². The fourth-order valence-corrected chi connectivity index (χ4v) is 2.00. The monoisotopic (exact) mass is 247 g/mol. The predicted octanol–water partition coefficient (Wildman–Crippen LogP) is 1.62. The van der Waals surface area contributed by atoms with E-state index in [0.29, 0.717) is 0 Å². The van der Waals surface area contributed by atoms with Gasteiger partial charge in [-0.2, -0.15) is 0 Å². The highest BCUT2D eigenvalue weighted by molar-refractivity contribution is 5.85. The molecular formula is C14H17NO3. The summed E-state index contributed by atoms with van der Waals surface area (Å²) in [6.45, 7) is 4.23. The Bertz CT molecular complexity index is 436. The number of hydrogen-bond acceptors (Lipinski definition) is 3. The van der Waals surface area contributed by atoms with Crippen LogP contribution in [0.2, 0.25) is 0 Å². The molecule has 0 unspecified atom stereocenters. The number of carboxylic acids is 1. The highest BCUT2D eigenvalue weighted by Crippen LogP contribution is 2.14. The lowest BCUT2D eigenvalue weighted by Gasteiger charge is -2.27. The molecule has 1 saturated heterocycles. The van der Waals surface area contributed by atoms with Crippen LogP contribution in [-0.2, 0) is 16.1 Å². The lowest BCUT2D eigenvalue weighted by molar-refractivity contribution is -0.131. The highest BCUT2D eigenvalue weighted by Gasteiger charge is 2.11. The molecule has 1 aliphatic rings. The third-order valence-corrected chi connectivity index (χ3v) is 2.96. The Kier molecular flexibility index (Phi) is 4.50. The van der Waals surface area contributed by atoms with Crippen LogP contribution in [0.25, 0.3) is 6.08 Å². The van der Waals surface area contributed by atoms with Crippen molar-refractivity contribution in [2.75, 3.05) is 26.3 Å². The van der Waals surface area contributed by atoms with Gasteiger partial charge in [-0.3, -0.25) is 4.90 Å². The van der Waals surface area contributed by atoms with Crippen molar-refractivity contribution in [3.05, 3.63) is 41.5 Å². The van der Waals surface area contributed by atoms with E-state index in [1.165, 1.54) is 6.08 Å². The molecule has 18 heavy (non-hydrogen) atoms. The number of aliphatic carboxylic acids is 1. The fraction of sp³-hybridized carbons (Fsp3) is 0.357. The first kappa shape index (κ1) is 12.8. The molecule has 0 aliphatic carbocycles. The topological polar surface area (TPSA) is 49.8 Å². The minimum atomic E-state index is -0.920. The molecule has 0 amide bonds. The number of carbonyl (C=O) groups is 1. The molecule has 1 aromatic carbocycles. The molecule has 1 aromatic rings. The van der Waals surface area contributed by atoms with E-state index in [0.717, 1.165) is 44.0 Å². The number of nitrogens with zero attached hydrogens (tertiary/aromatic N) is 1. The molecule has 4 nitrogen and oxygen atoms in total. The number of ether oxygens (including phenoxy) is 1. The molecule has 1 heterocycles. The summed E-state index contributed by atoms with van der Waals surface area (Å²) < 4.78 is 5.31. The van der Waals surface area contributed by atoms with Crippen LogP contribution in [-0.4, -0.2) is 42.3 Å². The molecule has 4 heteroatoms. The number of rotatable bonds is 4. The Morgan fingerprint density at radius 1 is 1.33 bits per heavy atom. The van der Waals surface area contributed by atoms with Crippen molar-refractivity contribution >= 4 is 12.0 Å². The fourth-order valence-electron chi connectivity index (χ4n) is 2.00. The van der Waals surface area contributed by atoms with Gasteiger partial charge in [0.05, 0.1) is 13.2 Å². The third-order valence-electron chi connectivity index (χ3n) is 2.96.